The summed E-state index contributed by atoms with van der Waals surface area (Å²) in [6.45, 7) is 14.5. The van der Waals surface area contributed by atoms with E-state index < -0.39 is 0 Å². The van der Waals surface area contributed by atoms with E-state index in [9.17, 15) is 9.59 Å². The third kappa shape index (κ3) is 4.44. The highest BCUT2D eigenvalue weighted by molar-refractivity contribution is 7.18. The number of aromatic nitrogens is 2. The van der Waals surface area contributed by atoms with Crippen molar-refractivity contribution in [2.45, 2.75) is 72.3 Å². The van der Waals surface area contributed by atoms with Crippen LogP contribution in [0.1, 0.15) is 74.7 Å². The van der Waals surface area contributed by atoms with Gasteiger partial charge < -0.3 is 4.90 Å². The Hall–Kier alpha value is -1.73. The van der Waals surface area contributed by atoms with Crippen molar-refractivity contribution in [2.24, 2.45) is 5.92 Å². The molecule has 1 atom stereocenters. The standard InChI is InChI=1S/C24H36N4O2S/c1-15(2)22-25-23-21(17(4)18(5)31-23)24(30)28(22)19-7-6-10-26(13-19)14-20(29)27-11-8-16(3)9-12-27/h15-16,19H,6-14H2,1-5H3/t19-/m0/s1. The summed E-state index contributed by atoms with van der Waals surface area (Å²) in [5.74, 6) is 2.01. The molecule has 31 heavy (non-hydrogen) atoms. The van der Waals surface area contributed by atoms with Gasteiger partial charge in [0, 0.05) is 30.4 Å². The molecule has 2 aromatic rings. The van der Waals surface area contributed by atoms with Crippen LogP contribution in [0.15, 0.2) is 4.79 Å². The van der Waals surface area contributed by atoms with Crippen molar-refractivity contribution < 1.29 is 4.79 Å². The zero-order valence-electron chi connectivity index (χ0n) is 19.6. The average molecular weight is 445 g/mol. The summed E-state index contributed by atoms with van der Waals surface area (Å²) >= 11 is 1.62. The Morgan fingerprint density at radius 1 is 1.16 bits per heavy atom. The van der Waals surface area contributed by atoms with Gasteiger partial charge in [-0.3, -0.25) is 19.1 Å². The molecule has 0 aromatic carbocycles. The van der Waals surface area contributed by atoms with E-state index in [1.54, 1.807) is 11.3 Å². The van der Waals surface area contributed by atoms with Crippen molar-refractivity contribution >= 4 is 27.5 Å². The van der Waals surface area contributed by atoms with E-state index in [0.717, 1.165) is 79.4 Å². The summed E-state index contributed by atoms with van der Waals surface area (Å²) in [5, 5.41) is 0.780. The number of amides is 1. The Morgan fingerprint density at radius 3 is 2.55 bits per heavy atom. The SMILES string of the molecule is Cc1sc2nc(C(C)C)n([C@H]3CCCN(CC(=O)N4CCC(C)CC4)C3)c(=O)c2c1C. The molecule has 1 amide bonds. The van der Waals surface area contributed by atoms with Gasteiger partial charge in [-0.05, 0) is 57.6 Å². The van der Waals surface area contributed by atoms with Crippen molar-refractivity contribution in [3.05, 3.63) is 26.6 Å². The van der Waals surface area contributed by atoms with Crippen molar-refractivity contribution in [2.75, 3.05) is 32.7 Å². The molecule has 0 bridgehead atoms. The van der Waals surface area contributed by atoms with Crippen LogP contribution in [0.25, 0.3) is 10.2 Å². The number of piperidine rings is 2. The predicted octanol–water partition coefficient (Wildman–Crippen LogP) is 4.09. The van der Waals surface area contributed by atoms with Crippen molar-refractivity contribution in [3.63, 3.8) is 0 Å². The molecule has 2 fully saturated rings. The van der Waals surface area contributed by atoms with Gasteiger partial charge in [-0.15, -0.1) is 11.3 Å². The summed E-state index contributed by atoms with van der Waals surface area (Å²) in [5.41, 5.74) is 1.16. The highest BCUT2D eigenvalue weighted by Gasteiger charge is 2.29. The molecule has 4 rings (SSSR count). The van der Waals surface area contributed by atoms with Crippen LogP contribution in [0.4, 0.5) is 0 Å². The molecule has 0 unspecified atom stereocenters. The largest absolute Gasteiger partial charge is 0.342 e. The van der Waals surface area contributed by atoms with Gasteiger partial charge in [0.05, 0.1) is 18.0 Å². The normalized spacial score (nSPS) is 21.4. The maximum atomic E-state index is 13.6. The van der Waals surface area contributed by atoms with Gasteiger partial charge in [0.1, 0.15) is 10.7 Å². The van der Waals surface area contributed by atoms with Gasteiger partial charge in [0.25, 0.3) is 5.56 Å². The first-order chi connectivity index (χ1) is 14.8. The predicted molar refractivity (Wildman–Crippen MR) is 127 cm³/mol. The molecule has 6 nitrogen and oxygen atoms in total. The van der Waals surface area contributed by atoms with Gasteiger partial charge in [0.15, 0.2) is 0 Å². The first-order valence-corrected chi connectivity index (χ1v) is 12.6. The van der Waals surface area contributed by atoms with Crippen LogP contribution >= 0.6 is 11.3 Å². The molecule has 2 aliphatic rings. The number of aryl methyl sites for hydroxylation is 2. The van der Waals surface area contributed by atoms with Crippen LogP contribution in [0, 0.1) is 19.8 Å². The third-order valence-electron chi connectivity index (χ3n) is 7.12. The smallest absolute Gasteiger partial charge is 0.262 e. The minimum absolute atomic E-state index is 0.0735. The number of hydrogen-bond donors (Lipinski definition) is 0. The minimum Gasteiger partial charge on any atom is -0.342 e. The van der Waals surface area contributed by atoms with E-state index in [4.69, 9.17) is 4.98 Å². The van der Waals surface area contributed by atoms with E-state index in [1.807, 2.05) is 16.4 Å². The number of nitrogens with zero attached hydrogens (tertiary/aromatic N) is 4. The van der Waals surface area contributed by atoms with E-state index >= 15 is 0 Å². The number of fused-ring (bicyclic) bond motifs is 1. The molecular weight excluding hydrogens is 408 g/mol. The lowest BCUT2D eigenvalue weighted by Crippen LogP contribution is -2.47. The molecule has 2 aromatic heterocycles. The minimum atomic E-state index is 0.0735. The second kappa shape index (κ2) is 9.02. The van der Waals surface area contributed by atoms with Crippen LogP contribution in [0.3, 0.4) is 0 Å². The Labute approximate surface area is 189 Å². The topological polar surface area (TPSA) is 58.4 Å². The Kier molecular flexibility index (Phi) is 6.54. The molecule has 2 saturated heterocycles. The van der Waals surface area contributed by atoms with E-state index in [1.165, 1.54) is 4.88 Å². The van der Waals surface area contributed by atoms with Crippen molar-refractivity contribution in [1.82, 2.24) is 19.4 Å². The third-order valence-corrected chi connectivity index (χ3v) is 8.22. The Bertz CT molecular complexity index is 1020. The summed E-state index contributed by atoms with van der Waals surface area (Å²) in [6, 6.07) is 0.0735. The van der Waals surface area contributed by atoms with Gasteiger partial charge >= 0.3 is 0 Å². The molecule has 0 spiro atoms. The number of carbonyl (C=O) groups excluding carboxylic acids is 1. The lowest BCUT2D eigenvalue weighted by atomic mass is 9.99. The summed E-state index contributed by atoms with van der Waals surface area (Å²) in [4.78, 5) is 37.8. The van der Waals surface area contributed by atoms with Crippen molar-refractivity contribution in [3.8, 4) is 0 Å². The highest BCUT2D eigenvalue weighted by atomic mass is 32.1. The van der Waals surface area contributed by atoms with Crippen molar-refractivity contribution in [1.29, 1.82) is 0 Å². The van der Waals surface area contributed by atoms with E-state index in [0.29, 0.717) is 6.54 Å². The summed E-state index contributed by atoms with van der Waals surface area (Å²) in [6.07, 6.45) is 4.17. The van der Waals surface area contributed by atoms with E-state index in [-0.39, 0.29) is 23.4 Å². The fourth-order valence-corrected chi connectivity index (χ4v) is 6.04. The van der Waals surface area contributed by atoms with Crippen LogP contribution in [0.5, 0.6) is 0 Å². The molecule has 170 valence electrons. The molecule has 2 aliphatic heterocycles. The molecular formula is C24H36N4O2S. The molecule has 7 heteroatoms. The fourth-order valence-electron chi connectivity index (χ4n) is 5.02. The molecule has 0 N–H and O–H groups in total. The van der Waals surface area contributed by atoms with Crippen LogP contribution in [0.2, 0.25) is 0 Å². The Balaban J connectivity index is 1.58. The summed E-state index contributed by atoms with van der Waals surface area (Å²) in [7, 11) is 0. The van der Waals surface area contributed by atoms with Gasteiger partial charge in [0.2, 0.25) is 5.91 Å². The van der Waals surface area contributed by atoms with Crippen LogP contribution in [-0.4, -0.2) is 58.0 Å². The average Bonchev–Trinajstić information content (AvgIpc) is 3.02. The molecule has 4 heterocycles. The quantitative estimate of drug-likeness (QED) is 0.713. The number of hydrogen-bond acceptors (Lipinski definition) is 5. The first-order valence-electron chi connectivity index (χ1n) is 11.8. The number of carbonyl (C=O) groups is 1. The number of rotatable bonds is 4. The van der Waals surface area contributed by atoms with Crippen LogP contribution < -0.4 is 5.56 Å². The zero-order valence-corrected chi connectivity index (χ0v) is 20.4. The number of likely N-dealkylation sites (tertiary alicyclic amines) is 2. The lowest BCUT2D eigenvalue weighted by molar-refractivity contribution is -0.134. The molecule has 0 saturated carbocycles. The maximum Gasteiger partial charge on any atom is 0.262 e. The monoisotopic (exact) mass is 444 g/mol. The van der Waals surface area contributed by atoms with E-state index in [2.05, 4.69) is 32.6 Å². The van der Waals surface area contributed by atoms with Crippen LogP contribution in [-0.2, 0) is 4.79 Å². The molecule has 0 aliphatic carbocycles. The van der Waals surface area contributed by atoms with Gasteiger partial charge in [-0.2, -0.15) is 0 Å². The number of thiophene rings is 1. The molecule has 0 radical (unpaired) electrons. The second-order valence-electron chi connectivity index (χ2n) is 9.86. The zero-order chi connectivity index (χ0) is 22.3. The maximum absolute atomic E-state index is 13.6. The van der Waals surface area contributed by atoms with Gasteiger partial charge in [-0.25, -0.2) is 4.98 Å². The lowest BCUT2D eigenvalue weighted by Gasteiger charge is -2.37. The second-order valence-corrected chi connectivity index (χ2v) is 11.1. The van der Waals surface area contributed by atoms with Gasteiger partial charge in [-0.1, -0.05) is 20.8 Å². The highest BCUT2D eigenvalue weighted by Crippen LogP contribution is 2.30. The Morgan fingerprint density at radius 2 is 1.87 bits per heavy atom. The fraction of sp³-hybridized carbons (Fsp3) is 0.708. The summed E-state index contributed by atoms with van der Waals surface area (Å²) < 4.78 is 1.96. The first kappa shape index (κ1) is 22.5.